The van der Waals surface area contributed by atoms with Gasteiger partial charge in [0.25, 0.3) is 0 Å². The molecule has 2 N–H and O–H groups in total. The van der Waals surface area contributed by atoms with Crippen LogP contribution in [0.5, 0.6) is 0 Å². The fourth-order valence-electron chi connectivity index (χ4n) is 2.88. The number of nitrogens with one attached hydrogen (secondary N) is 1. The number of hydrogen-bond donors (Lipinski definition) is 2. The Bertz CT molecular complexity index is 523. The van der Waals surface area contributed by atoms with E-state index in [1.165, 1.54) is 10.9 Å². The third-order valence-electron chi connectivity index (χ3n) is 4.03. The summed E-state index contributed by atoms with van der Waals surface area (Å²) in [4.78, 5) is 23.5. The second-order valence-electron chi connectivity index (χ2n) is 5.72. The number of carboxylic acid groups (broad SMARTS) is 1. The van der Waals surface area contributed by atoms with Crippen molar-refractivity contribution in [1.82, 2.24) is 15.1 Å². The number of aliphatic carboxylic acids is 1. The summed E-state index contributed by atoms with van der Waals surface area (Å²) in [5.41, 5.74) is -0.633. The lowest BCUT2D eigenvalue weighted by Crippen LogP contribution is -2.52. The maximum absolute atomic E-state index is 12.4. The summed E-state index contributed by atoms with van der Waals surface area (Å²) in [7, 11) is 0. The van der Waals surface area contributed by atoms with Crippen LogP contribution in [-0.4, -0.2) is 32.3 Å². The zero-order valence-electron chi connectivity index (χ0n) is 12.0. The van der Waals surface area contributed by atoms with Crippen molar-refractivity contribution in [3.63, 3.8) is 0 Å². The van der Waals surface area contributed by atoms with Crippen molar-refractivity contribution in [2.75, 3.05) is 0 Å². The monoisotopic (exact) mass is 313 g/mol. The first-order valence-electron chi connectivity index (χ1n) is 7.15. The molecule has 1 atom stereocenters. The molecule has 21 heavy (non-hydrogen) atoms. The van der Waals surface area contributed by atoms with Crippen LogP contribution in [0.15, 0.2) is 12.4 Å². The van der Waals surface area contributed by atoms with Gasteiger partial charge in [-0.3, -0.25) is 14.3 Å². The summed E-state index contributed by atoms with van der Waals surface area (Å²) in [5, 5.41) is 16.6. The van der Waals surface area contributed by atoms with Gasteiger partial charge in [0.2, 0.25) is 5.91 Å². The molecular formula is C14H20ClN3O3. The van der Waals surface area contributed by atoms with Gasteiger partial charge in [0.15, 0.2) is 0 Å². The highest BCUT2D eigenvalue weighted by atomic mass is 35.5. The van der Waals surface area contributed by atoms with Crippen LogP contribution in [0, 0.1) is 0 Å². The van der Waals surface area contributed by atoms with Crippen LogP contribution in [0.3, 0.4) is 0 Å². The van der Waals surface area contributed by atoms with Gasteiger partial charge in [-0.25, -0.2) is 0 Å². The first-order chi connectivity index (χ1) is 9.92. The van der Waals surface area contributed by atoms with E-state index in [1.807, 2.05) is 0 Å². The molecule has 2 rings (SSSR count). The number of amides is 1. The Hall–Kier alpha value is -1.56. The fourth-order valence-corrected chi connectivity index (χ4v) is 3.02. The van der Waals surface area contributed by atoms with E-state index in [2.05, 4.69) is 10.4 Å². The number of hydrogen-bond acceptors (Lipinski definition) is 3. The van der Waals surface area contributed by atoms with Crippen LogP contribution < -0.4 is 5.32 Å². The number of carbonyl (C=O) groups excluding carboxylic acids is 1. The molecule has 0 aromatic carbocycles. The molecular weight excluding hydrogens is 294 g/mol. The Labute approximate surface area is 128 Å². The molecule has 7 heteroatoms. The summed E-state index contributed by atoms with van der Waals surface area (Å²) in [6.07, 6.45) is 7.39. The van der Waals surface area contributed by atoms with Gasteiger partial charge in [0, 0.05) is 6.20 Å². The molecule has 1 saturated carbocycles. The third-order valence-corrected chi connectivity index (χ3v) is 4.23. The largest absolute Gasteiger partial charge is 0.481 e. The van der Waals surface area contributed by atoms with Crippen molar-refractivity contribution >= 4 is 23.5 Å². The molecule has 1 amide bonds. The molecule has 0 aliphatic heterocycles. The van der Waals surface area contributed by atoms with Crippen LogP contribution in [0.2, 0.25) is 5.02 Å². The molecule has 1 aliphatic carbocycles. The van der Waals surface area contributed by atoms with Gasteiger partial charge < -0.3 is 10.4 Å². The van der Waals surface area contributed by atoms with Crippen LogP contribution >= 0.6 is 11.6 Å². The summed E-state index contributed by atoms with van der Waals surface area (Å²) in [6, 6.07) is -0.523. The predicted octanol–water partition coefficient (Wildman–Crippen LogP) is 2.39. The average Bonchev–Trinajstić information content (AvgIpc) is 2.84. The minimum absolute atomic E-state index is 0.0364. The van der Waals surface area contributed by atoms with E-state index in [1.54, 1.807) is 13.1 Å². The van der Waals surface area contributed by atoms with Crippen molar-refractivity contribution in [2.45, 2.75) is 57.0 Å². The molecule has 1 fully saturated rings. The molecule has 6 nitrogen and oxygen atoms in total. The van der Waals surface area contributed by atoms with Crippen molar-refractivity contribution in [3.05, 3.63) is 17.4 Å². The molecule has 0 radical (unpaired) electrons. The molecule has 1 heterocycles. The van der Waals surface area contributed by atoms with Gasteiger partial charge in [0.1, 0.15) is 6.04 Å². The number of nitrogens with zero attached hydrogens (tertiary/aromatic N) is 2. The molecule has 0 unspecified atom stereocenters. The Morgan fingerprint density at radius 1 is 1.48 bits per heavy atom. The molecule has 0 spiro atoms. The van der Waals surface area contributed by atoms with Crippen LogP contribution in [-0.2, 0) is 9.59 Å². The zero-order valence-corrected chi connectivity index (χ0v) is 12.8. The summed E-state index contributed by atoms with van der Waals surface area (Å²) in [6.45, 7) is 1.72. The first kappa shape index (κ1) is 15.8. The maximum Gasteiger partial charge on any atom is 0.305 e. The number of halogens is 1. The highest BCUT2D eigenvalue weighted by Gasteiger charge is 2.37. The van der Waals surface area contributed by atoms with Gasteiger partial charge in [-0.2, -0.15) is 5.10 Å². The summed E-state index contributed by atoms with van der Waals surface area (Å²) < 4.78 is 1.48. The van der Waals surface area contributed by atoms with E-state index in [-0.39, 0.29) is 12.3 Å². The topological polar surface area (TPSA) is 84.2 Å². The van der Waals surface area contributed by atoms with Crippen molar-refractivity contribution in [3.8, 4) is 0 Å². The third kappa shape index (κ3) is 3.97. The van der Waals surface area contributed by atoms with Crippen molar-refractivity contribution < 1.29 is 14.7 Å². The fraction of sp³-hybridized carbons (Fsp3) is 0.643. The van der Waals surface area contributed by atoms with Crippen LogP contribution in [0.25, 0.3) is 0 Å². The molecule has 1 aromatic rings. The number of aromatic nitrogens is 2. The molecule has 0 bridgehead atoms. The van der Waals surface area contributed by atoms with Crippen molar-refractivity contribution in [2.24, 2.45) is 0 Å². The highest BCUT2D eigenvalue weighted by molar-refractivity contribution is 6.30. The summed E-state index contributed by atoms with van der Waals surface area (Å²) in [5.74, 6) is -1.11. The lowest BCUT2D eigenvalue weighted by molar-refractivity contribution is -0.139. The van der Waals surface area contributed by atoms with Gasteiger partial charge >= 0.3 is 5.97 Å². The molecule has 1 aromatic heterocycles. The molecule has 0 saturated heterocycles. The average molecular weight is 314 g/mol. The Morgan fingerprint density at radius 2 is 2.14 bits per heavy atom. The van der Waals surface area contributed by atoms with E-state index >= 15 is 0 Å². The minimum atomic E-state index is -0.882. The quantitative estimate of drug-likeness (QED) is 0.874. The van der Waals surface area contributed by atoms with E-state index in [9.17, 15) is 9.59 Å². The molecule has 116 valence electrons. The Balaban J connectivity index is 2.08. The van der Waals surface area contributed by atoms with Gasteiger partial charge in [0.05, 0.1) is 23.2 Å². The van der Waals surface area contributed by atoms with Gasteiger partial charge in [-0.05, 0) is 19.8 Å². The first-order valence-corrected chi connectivity index (χ1v) is 7.53. The van der Waals surface area contributed by atoms with E-state index in [0.717, 1.165) is 19.3 Å². The Morgan fingerprint density at radius 3 is 2.67 bits per heavy atom. The lowest BCUT2D eigenvalue weighted by atomic mass is 9.79. The smallest absolute Gasteiger partial charge is 0.305 e. The minimum Gasteiger partial charge on any atom is -0.481 e. The normalized spacial score (nSPS) is 19.0. The maximum atomic E-state index is 12.4. The standard InChI is InChI=1S/C14H20ClN3O3/c1-10(18-9-11(15)8-16-18)13(21)17-14(7-12(19)20)5-3-2-4-6-14/h8-10H,2-7H2,1H3,(H,17,21)(H,19,20)/t10-/m1/s1. The number of rotatable bonds is 5. The van der Waals surface area contributed by atoms with E-state index in [4.69, 9.17) is 16.7 Å². The lowest BCUT2D eigenvalue weighted by Gasteiger charge is -2.37. The SMILES string of the molecule is C[C@H](C(=O)NC1(CC(=O)O)CCCCC1)n1cc(Cl)cn1. The number of carboxylic acids is 1. The Kier molecular flexibility index (Phi) is 4.88. The summed E-state index contributed by atoms with van der Waals surface area (Å²) >= 11 is 5.80. The van der Waals surface area contributed by atoms with Crippen LogP contribution in [0.1, 0.15) is 51.5 Å². The zero-order chi connectivity index (χ0) is 15.5. The van der Waals surface area contributed by atoms with E-state index in [0.29, 0.717) is 17.9 Å². The number of carbonyl (C=O) groups is 2. The van der Waals surface area contributed by atoms with Crippen LogP contribution in [0.4, 0.5) is 0 Å². The van der Waals surface area contributed by atoms with Gasteiger partial charge in [-0.15, -0.1) is 0 Å². The van der Waals surface area contributed by atoms with E-state index < -0.39 is 17.6 Å². The highest BCUT2D eigenvalue weighted by Crippen LogP contribution is 2.31. The predicted molar refractivity (Wildman–Crippen MR) is 78.2 cm³/mol. The molecule has 1 aliphatic rings. The second kappa shape index (κ2) is 6.47. The van der Waals surface area contributed by atoms with Gasteiger partial charge in [-0.1, -0.05) is 30.9 Å². The second-order valence-corrected chi connectivity index (χ2v) is 6.15. The van der Waals surface area contributed by atoms with Crippen molar-refractivity contribution in [1.29, 1.82) is 0 Å².